The van der Waals surface area contributed by atoms with Gasteiger partial charge in [0.15, 0.2) is 0 Å². The van der Waals surface area contributed by atoms with E-state index in [9.17, 15) is 9.59 Å². The van der Waals surface area contributed by atoms with Crippen LogP contribution in [0.25, 0.3) is 0 Å². The molecule has 5 heteroatoms. The van der Waals surface area contributed by atoms with Gasteiger partial charge < -0.3 is 10.2 Å². The zero-order valence-electron chi connectivity index (χ0n) is 7.68. The van der Waals surface area contributed by atoms with E-state index in [1.54, 1.807) is 18.2 Å². The van der Waals surface area contributed by atoms with E-state index in [0.29, 0.717) is 10.6 Å². The maximum atomic E-state index is 10.8. The molecule has 1 aromatic rings. The van der Waals surface area contributed by atoms with E-state index in [-0.39, 0.29) is 0 Å². The van der Waals surface area contributed by atoms with E-state index in [2.05, 4.69) is 0 Å². The average molecular weight is 229 g/mol. The van der Waals surface area contributed by atoms with Gasteiger partial charge in [-0.05, 0) is 17.7 Å². The summed E-state index contributed by atoms with van der Waals surface area (Å²) in [7, 11) is 0. The highest BCUT2D eigenvalue weighted by atomic mass is 35.5. The second-order valence-corrected chi connectivity index (χ2v) is 3.48. The van der Waals surface area contributed by atoms with Gasteiger partial charge in [-0.3, -0.25) is 9.59 Å². The van der Waals surface area contributed by atoms with Gasteiger partial charge in [0.05, 0.1) is 12.3 Å². The zero-order valence-corrected chi connectivity index (χ0v) is 8.44. The predicted molar refractivity (Wildman–Crippen MR) is 54.1 cm³/mol. The van der Waals surface area contributed by atoms with Gasteiger partial charge in [-0.2, -0.15) is 0 Å². The third kappa shape index (κ3) is 3.25. The van der Waals surface area contributed by atoms with Crippen LogP contribution in [-0.2, 0) is 9.59 Å². The molecule has 2 N–H and O–H groups in total. The van der Waals surface area contributed by atoms with Crippen molar-refractivity contribution in [3.05, 3.63) is 34.9 Å². The van der Waals surface area contributed by atoms with Gasteiger partial charge in [0.2, 0.25) is 0 Å². The van der Waals surface area contributed by atoms with Crippen LogP contribution in [0.4, 0.5) is 0 Å². The molecule has 0 saturated carbocycles. The monoisotopic (exact) mass is 228 g/mol. The van der Waals surface area contributed by atoms with Gasteiger partial charge in [-0.1, -0.05) is 23.7 Å². The second-order valence-electron chi connectivity index (χ2n) is 3.04. The molecule has 0 aliphatic heterocycles. The van der Waals surface area contributed by atoms with E-state index in [1.165, 1.54) is 6.07 Å². The fraction of sp³-hybridized carbons (Fsp3) is 0.200. The van der Waals surface area contributed by atoms with Crippen LogP contribution in [0.2, 0.25) is 5.02 Å². The largest absolute Gasteiger partial charge is 0.481 e. The highest BCUT2D eigenvalue weighted by Gasteiger charge is 2.22. The summed E-state index contributed by atoms with van der Waals surface area (Å²) in [6.45, 7) is 0. The molecule has 0 fully saturated rings. The van der Waals surface area contributed by atoms with Gasteiger partial charge in [0, 0.05) is 5.02 Å². The van der Waals surface area contributed by atoms with E-state index < -0.39 is 24.3 Å². The number of carbonyl (C=O) groups is 2. The number of rotatable bonds is 4. The van der Waals surface area contributed by atoms with Crippen LogP contribution in [0, 0.1) is 0 Å². The molecule has 1 aromatic carbocycles. The van der Waals surface area contributed by atoms with Crippen LogP contribution in [0.3, 0.4) is 0 Å². The Balaban J connectivity index is 2.98. The maximum absolute atomic E-state index is 10.8. The highest BCUT2D eigenvalue weighted by molar-refractivity contribution is 6.30. The molecule has 0 radical (unpaired) electrons. The summed E-state index contributed by atoms with van der Waals surface area (Å²) in [6, 6.07) is 6.21. The Hall–Kier alpha value is -1.55. The number of hydrogen-bond donors (Lipinski definition) is 2. The first-order chi connectivity index (χ1) is 7.00. The van der Waals surface area contributed by atoms with Crippen molar-refractivity contribution in [3.8, 4) is 0 Å². The smallest absolute Gasteiger partial charge is 0.311 e. The topological polar surface area (TPSA) is 74.6 Å². The molecule has 1 atom stereocenters. The summed E-state index contributed by atoms with van der Waals surface area (Å²) in [5, 5.41) is 17.8. The van der Waals surface area contributed by atoms with Crippen molar-refractivity contribution >= 4 is 23.5 Å². The lowest BCUT2D eigenvalue weighted by Crippen LogP contribution is -2.15. The summed E-state index contributed by atoms with van der Waals surface area (Å²) in [5.41, 5.74) is 0.400. The summed E-state index contributed by atoms with van der Waals surface area (Å²) < 4.78 is 0. The van der Waals surface area contributed by atoms with Crippen molar-refractivity contribution in [1.82, 2.24) is 0 Å². The molecule has 0 aromatic heterocycles. The van der Waals surface area contributed by atoms with Gasteiger partial charge in [0.1, 0.15) is 0 Å². The van der Waals surface area contributed by atoms with Crippen LogP contribution in [0.5, 0.6) is 0 Å². The fourth-order valence-electron chi connectivity index (χ4n) is 1.25. The van der Waals surface area contributed by atoms with Crippen LogP contribution in [-0.4, -0.2) is 22.2 Å². The van der Waals surface area contributed by atoms with Gasteiger partial charge in [-0.25, -0.2) is 0 Å². The highest BCUT2D eigenvalue weighted by Crippen LogP contribution is 2.22. The van der Waals surface area contributed by atoms with Gasteiger partial charge in [-0.15, -0.1) is 0 Å². The van der Waals surface area contributed by atoms with E-state index in [4.69, 9.17) is 21.8 Å². The number of aliphatic carboxylic acids is 2. The first-order valence-corrected chi connectivity index (χ1v) is 4.58. The maximum Gasteiger partial charge on any atom is 0.311 e. The molecule has 0 amide bonds. The Morgan fingerprint density at radius 2 is 2.00 bits per heavy atom. The molecular formula is C10H9ClO4. The molecule has 0 aliphatic rings. The van der Waals surface area contributed by atoms with E-state index in [0.717, 1.165) is 0 Å². The van der Waals surface area contributed by atoms with Crippen molar-refractivity contribution < 1.29 is 19.8 Å². The Morgan fingerprint density at radius 1 is 1.33 bits per heavy atom. The molecule has 1 rings (SSSR count). The zero-order chi connectivity index (χ0) is 11.4. The quantitative estimate of drug-likeness (QED) is 0.826. The van der Waals surface area contributed by atoms with Gasteiger partial charge in [0.25, 0.3) is 0 Å². The Bertz CT molecular complexity index is 389. The number of carboxylic acid groups (broad SMARTS) is 2. The van der Waals surface area contributed by atoms with Crippen molar-refractivity contribution in [3.63, 3.8) is 0 Å². The molecule has 4 nitrogen and oxygen atoms in total. The molecule has 0 aliphatic carbocycles. The van der Waals surface area contributed by atoms with Crippen LogP contribution in [0.15, 0.2) is 24.3 Å². The van der Waals surface area contributed by atoms with Crippen molar-refractivity contribution in [2.45, 2.75) is 12.3 Å². The van der Waals surface area contributed by atoms with E-state index in [1.807, 2.05) is 0 Å². The molecule has 0 heterocycles. The summed E-state index contributed by atoms with van der Waals surface area (Å²) >= 11 is 5.69. The third-order valence-corrected chi connectivity index (χ3v) is 2.16. The lowest BCUT2D eigenvalue weighted by atomic mass is 9.96. The molecule has 0 bridgehead atoms. The molecule has 15 heavy (non-hydrogen) atoms. The normalized spacial score (nSPS) is 12.1. The molecule has 80 valence electrons. The number of hydrogen-bond acceptors (Lipinski definition) is 2. The van der Waals surface area contributed by atoms with Gasteiger partial charge >= 0.3 is 11.9 Å². The molecular weight excluding hydrogens is 220 g/mol. The van der Waals surface area contributed by atoms with Crippen LogP contribution < -0.4 is 0 Å². The van der Waals surface area contributed by atoms with Crippen molar-refractivity contribution in [2.75, 3.05) is 0 Å². The Labute approximate surface area is 91.1 Å². The number of benzene rings is 1. The Kier molecular flexibility index (Phi) is 3.68. The first-order valence-electron chi connectivity index (χ1n) is 4.20. The van der Waals surface area contributed by atoms with Crippen molar-refractivity contribution in [2.24, 2.45) is 0 Å². The fourth-order valence-corrected chi connectivity index (χ4v) is 1.44. The number of halogens is 1. The summed E-state index contributed by atoms with van der Waals surface area (Å²) in [6.07, 6.45) is -0.449. The number of carboxylic acids is 2. The summed E-state index contributed by atoms with van der Waals surface area (Å²) in [4.78, 5) is 21.3. The minimum absolute atomic E-state index is 0.393. The van der Waals surface area contributed by atoms with E-state index >= 15 is 0 Å². The standard InChI is InChI=1S/C10H9ClO4/c11-7-3-1-2-6(4-7)8(10(14)15)5-9(12)13/h1-4,8H,5H2,(H,12,13)(H,14,15). The predicted octanol–water partition coefficient (Wildman–Crippen LogP) is 1.98. The molecule has 1 unspecified atom stereocenters. The molecule has 0 spiro atoms. The van der Waals surface area contributed by atoms with Crippen LogP contribution in [0.1, 0.15) is 17.9 Å². The Morgan fingerprint density at radius 3 is 2.47 bits per heavy atom. The molecule has 0 saturated heterocycles. The first kappa shape index (κ1) is 11.5. The average Bonchev–Trinajstić information content (AvgIpc) is 2.13. The lowest BCUT2D eigenvalue weighted by Gasteiger charge is -2.10. The van der Waals surface area contributed by atoms with Crippen LogP contribution >= 0.6 is 11.6 Å². The minimum atomic E-state index is -1.17. The summed E-state index contributed by atoms with van der Waals surface area (Å²) in [5.74, 6) is -3.37. The second kappa shape index (κ2) is 4.79. The lowest BCUT2D eigenvalue weighted by molar-refractivity contribution is -0.145. The minimum Gasteiger partial charge on any atom is -0.481 e. The van der Waals surface area contributed by atoms with Crippen molar-refractivity contribution in [1.29, 1.82) is 0 Å². The SMILES string of the molecule is O=C(O)CC(C(=O)O)c1cccc(Cl)c1. The third-order valence-electron chi connectivity index (χ3n) is 1.93.